The predicted octanol–water partition coefficient (Wildman–Crippen LogP) is 5.61. The van der Waals surface area contributed by atoms with Crippen LogP contribution in [0.15, 0.2) is 87.0 Å². The summed E-state index contributed by atoms with van der Waals surface area (Å²) in [5, 5.41) is 19.7. The summed E-state index contributed by atoms with van der Waals surface area (Å²) >= 11 is 1.20. The molecule has 0 aliphatic carbocycles. The average molecular weight is 529 g/mol. The second kappa shape index (κ2) is 11.8. The third kappa shape index (κ3) is 5.93. The van der Waals surface area contributed by atoms with E-state index in [1.807, 2.05) is 37.3 Å². The smallest absolute Gasteiger partial charge is 0.254 e. The number of benzene rings is 2. The summed E-state index contributed by atoms with van der Waals surface area (Å²) < 4.78 is 11.3. The first-order chi connectivity index (χ1) is 18.3. The van der Waals surface area contributed by atoms with Crippen molar-refractivity contribution >= 4 is 35.0 Å². The molecule has 1 aliphatic heterocycles. The Morgan fingerprint density at radius 2 is 1.87 bits per heavy atom. The van der Waals surface area contributed by atoms with Gasteiger partial charge in [0, 0.05) is 11.4 Å². The number of thioether (sulfide) groups is 1. The zero-order valence-corrected chi connectivity index (χ0v) is 22.4. The Morgan fingerprint density at radius 1 is 1.08 bits per heavy atom. The van der Waals surface area contributed by atoms with E-state index in [1.54, 1.807) is 44.2 Å². The van der Waals surface area contributed by atoms with Crippen molar-refractivity contribution in [3.05, 3.63) is 99.6 Å². The minimum absolute atomic E-state index is 0.0708. The van der Waals surface area contributed by atoms with E-state index in [9.17, 15) is 14.9 Å². The number of para-hydroxylation sites is 2. The molecule has 3 aromatic rings. The fraction of sp³-hybridized carbons (Fsp3) is 0.207. The topological polar surface area (TPSA) is 116 Å². The lowest BCUT2D eigenvalue weighted by Gasteiger charge is -2.28. The van der Waals surface area contributed by atoms with Gasteiger partial charge in [0.2, 0.25) is 5.91 Å². The van der Waals surface area contributed by atoms with Crippen LogP contribution in [0, 0.1) is 25.2 Å². The maximum Gasteiger partial charge on any atom is 0.254 e. The van der Waals surface area contributed by atoms with Crippen molar-refractivity contribution in [3.8, 4) is 11.8 Å². The quantitative estimate of drug-likeness (QED) is 0.348. The van der Waals surface area contributed by atoms with Crippen LogP contribution in [-0.2, 0) is 9.59 Å². The molecule has 1 aliphatic rings. The van der Waals surface area contributed by atoms with Crippen molar-refractivity contribution in [2.75, 3.05) is 23.5 Å². The number of hydrogen-bond donors (Lipinski definition) is 3. The van der Waals surface area contributed by atoms with Crippen molar-refractivity contribution < 1.29 is 18.7 Å². The minimum Gasteiger partial charge on any atom is -0.495 e. The van der Waals surface area contributed by atoms with Gasteiger partial charge in [-0.25, -0.2) is 0 Å². The summed E-state index contributed by atoms with van der Waals surface area (Å²) in [5.74, 6) is 0.345. The fourth-order valence-electron chi connectivity index (χ4n) is 4.22. The van der Waals surface area contributed by atoms with Gasteiger partial charge < -0.3 is 25.1 Å². The van der Waals surface area contributed by atoms with Crippen LogP contribution in [0.2, 0.25) is 0 Å². The van der Waals surface area contributed by atoms with Crippen LogP contribution >= 0.6 is 11.8 Å². The van der Waals surface area contributed by atoms with E-state index >= 15 is 0 Å². The van der Waals surface area contributed by atoms with E-state index in [1.165, 1.54) is 18.9 Å². The van der Waals surface area contributed by atoms with Gasteiger partial charge in [0.05, 0.1) is 46.7 Å². The number of aryl methyl sites for hydroxylation is 2. The molecule has 38 heavy (non-hydrogen) atoms. The van der Waals surface area contributed by atoms with Gasteiger partial charge in [-0.2, -0.15) is 5.26 Å². The lowest BCUT2D eigenvalue weighted by atomic mass is 9.85. The van der Waals surface area contributed by atoms with Gasteiger partial charge in [0.15, 0.2) is 0 Å². The number of allylic oxidation sites excluding steroid dienone is 2. The molecule has 0 spiro atoms. The molecule has 3 N–H and O–H groups in total. The second-order valence-corrected chi connectivity index (χ2v) is 9.75. The van der Waals surface area contributed by atoms with Gasteiger partial charge >= 0.3 is 0 Å². The van der Waals surface area contributed by atoms with Gasteiger partial charge in [-0.3, -0.25) is 9.59 Å². The molecule has 0 bridgehead atoms. The van der Waals surface area contributed by atoms with Crippen LogP contribution in [0.4, 0.5) is 11.4 Å². The number of amides is 2. The number of rotatable bonds is 8. The summed E-state index contributed by atoms with van der Waals surface area (Å²) in [6.07, 6.45) is 0. The lowest BCUT2D eigenvalue weighted by molar-refractivity contribution is -0.114. The molecule has 2 heterocycles. The third-order valence-electron chi connectivity index (χ3n) is 5.94. The van der Waals surface area contributed by atoms with Gasteiger partial charge in [0.25, 0.3) is 5.91 Å². The lowest BCUT2D eigenvalue weighted by Crippen LogP contribution is -2.31. The molecule has 0 saturated heterocycles. The highest BCUT2D eigenvalue weighted by molar-refractivity contribution is 8.03. The Morgan fingerprint density at radius 3 is 2.55 bits per heavy atom. The zero-order chi connectivity index (χ0) is 27.2. The molecule has 1 atom stereocenters. The SMILES string of the molecule is COc1ccccc1NC(=O)C1=C(C)NC(SCC(=O)Nc2cccc(C)c2)=C(C#N)C1c1ccc(C)o1. The molecule has 4 rings (SSSR count). The van der Waals surface area contributed by atoms with Crippen LogP contribution < -0.4 is 20.7 Å². The highest BCUT2D eigenvalue weighted by Gasteiger charge is 2.37. The number of nitrogens with one attached hydrogen (secondary N) is 3. The van der Waals surface area contributed by atoms with E-state index < -0.39 is 11.8 Å². The fourth-order valence-corrected chi connectivity index (χ4v) is 5.11. The highest BCUT2D eigenvalue weighted by Crippen LogP contribution is 2.41. The standard InChI is InChI=1S/C29H28N4O4S/c1-17-8-7-9-20(14-17)32-25(34)16-38-29-21(15-30)27(24-13-12-18(2)37-24)26(19(3)31-29)28(35)33-22-10-5-6-11-23(22)36-4/h5-14,27,31H,16H2,1-4H3,(H,32,34)(H,33,35). The van der Waals surface area contributed by atoms with E-state index in [4.69, 9.17) is 9.15 Å². The first-order valence-corrected chi connectivity index (χ1v) is 12.9. The highest BCUT2D eigenvalue weighted by atomic mass is 32.2. The molecule has 0 radical (unpaired) electrons. The third-order valence-corrected chi connectivity index (χ3v) is 6.96. The predicted molar refractivity (Wildman–Crippen MR) is 149 cm³/mol. The van der Waals surface area contributed by atoms with Crippen LogP contribution in [0.3, 0.4) is 0 Å². The number of dihydropyridines is 1. The largest absolute Gasteiger partial charge is 0.495 e. The number of nitrogens with zero attached hydrogens (tertiary/aromatic N) is 1. The summed E-state index contributed by atoms with van der Waals surface area (Å²) in [4.78, 5) is 26.3. The van der Waals surface area contributed by atoms with Crippen molar-refractivity contribution in [2.45, 2.75) is 26.7 Å². The summed E-state index contributed by atoms with van der Waals surface area (Å²) in [5.41, 5.74) is 3.44. The Hall–Kier alpha value is -4.42. The molecule has 194 valence electrons. The second-order valence-electron chi connectivity index (χ2n) is 8.76. The van der Waals surface area contributed by atoms with Crippen LogP contribution in [0.5, 0.6) is 5.75 Å². The molecule has 2 aromatic carbocycles. The Balaban J connectivity index is 1.62. The van der Waals surface area contributed by atoms with Crippen molar-refractivity contribution in [1.82, 2.24) is 5.32 Å². The Kier molecular flexibility index (Phi) is 8.24. The zero-order valence-electron chi connectivity index (χ0n) is 21.5. The van der Waals surface area contributed by atoms with Gasteiger partial charge in [-0.05, 0) is 62.7 Å². The maximum atomic E-state index is 13.6. The Bertz CT molecular complexity index is 1480. The molecule has 0 saturated carbocycles. The number of furan rings is 1. The number of methoxy groups -OCH3 is 1. The number of nitriles is 1. The molecule has 9 heteroatoms. The van der Waals surface area contributed by atoms with Crippen molar-refractivity contribution in [3.63, 3.8) is 0 Å². The first kappa shape index (κ1) is 26.6. The van der Waals surface area contributed by atoms with Gasteiger partial charge in [0.1, 0.15) is 17.3 Å². The normalized spacial score (nSPS) is 15.0. The molecular weight excluding hydrogens is 500 g/mol. The van der Waals surface area contributed by atoms with E-state index in [2.05, 4.69) is 22.0 Å². The summed E-state index contributed by atoms with van der Waals surface area (Å²) in [7, 11) is 1.53. The van der Waals surface area contributed by atoms with Crippen molar-refractivity contribution in [1.29, 1.82) is 5.26 Å². The average Bonchev–Trinajstić information content (AvgIpc) is 3.33. The first-order valence-electron chi connectivity index (χ1n) is 11.9. The molecule has 2 amide bonds. The van der Waals surface area contributed by atoms with Gasteiger partial charge in [-0.15, -0.1) is 0 Å². The van der Waals surface area contributed by atoms with Crippen LogP contribution in [0.25, 0.3) is 0 Å². The number of carbonyl (C=O) groups is 2. The van der Waals surface area contributed by atoms with Gasteiger partial charge in [-0.1, -0.05) is 36.0 Å². The molecular formula is C29H28N4O4S. The summed E-state index contributed by atoms with van der Waals surface area (Å²) in [6.45, 7) is 5.52. The van der Waals surface area contributed by atoms with Crippen LogP contribution in [0.1, 0.15) is 29.9 Å². The van der Waals surface area contributed by atoms with Crippen molar-refractivity contribution in [2.24, 2.45) is 0 Å². The molecule has 8 nitrogen and oxygen atoms in total. The molecule has 1 unspecified atom stereocenters. The minimum atomic E-state index is -0.757. The van der Waals surface area contributed by atoms with Crippen LogP contribution in [-0.4, -0.2) is 24.7 Å². The molecule has 1 aromatic heterocycles. The number of ether oxygens (including phenoxy) is 1. The van der Waals surface area contributed by atoms with E-state index in [-0.39, 0.29) is 11.7 Å². The number of anilines is 2. The molecule has 0 fully saturated rings. The summed E-state index contributed by atoms with van der Waals surface area (Å²) in [6, 6.07) is 20.4. The number of hydrogen-bond acceptors (Lipinski definition) is 7. The van der Waals surface area contributed by atoms with E-state index in [0.29, 0.717) is 50.5 Å². The Labute approximate surface area is 225 Å². The maximum absolute atomic E-state index is 13.6. The number of carbonyl (C=O) groups excluding carboxylic acids is 2. The monoisotopic (exact) mass is 528 g/mol. The van der Waals surface area contributed by atoms with E-state index in [0.717, 1.165) is 5.56 Å².